The van der Waals surface area contributed by atoms with Crippen molar-refractivity contribution in [1.29, 1.82) is 0 Å². The fourth-order valence-corrected chi connectivity index (χ4v) is 2.12. The molecule has 84 valence electrons. The molecular weight excluding hydrogens is 313 g/mol. The number of hydrogen-bond donors (Lipinski definition) is 1. The van der Waals surface area contributed by atoms with Gasteiger partial charge in [-0.05, 0) is 59.7 Å². The number of benzene rings is 1. The Bertz CT molecular complexity index is 451. The molecule has 16 heavy (non-hydrogen) atoms. The molecule has 1 aromatic rings. The van der Waals surface area contributed by atoms with Gasteiger partial charge in [-0.15, -0.1) is 0 Å². The van der Waals surface area contributed by atoms with Gasteiger partial charge in [0.15, 0.2) is 0 Å². The van der Waals surface area contributed by atoms with Gasteiger partial charge in [-0.1, -0.05) is 6.08 Å². The fourth-order valence-electron chi connectivity index (χ4n) is 1.78. The molecule has 1 aliphatic carbocycles. The van der Waals surface area contributed by atoms with Crippen molar-refractivity contribution in [2.45, 2.75) is 26.2 Å². The Balaban J connectivity index is 2.12. The summed E-state index contributed by atoms with van der Waals surface area (Å²) in [6, 6.07) is 6.25. The topological polar surface area (TPSA) is 29.1 Å². The molecule has 1 N–H and O–H groups in total. The minimum Gasteiger partial charge on any atom is -0.359 e. The summed E-state index contributed by atoms with van der Waals surface area (Å²) < 4.78 is 1.26. The molecule has 0 unspecified atom stereocenters. The fraction of sp³-hybridized carbons (Fsp3) is 0.308. The average molecular weight is 327 g/mol. The second-order valence-corrected chi connectivity index (χ2v) is 5.23. The van der Waals surface area contributed by atoms with E-state index in [0.29, 0.717) is 18.6 Å². The predicted octanol–water partition coefficient (Wildman–Crippen LogP) is 3.65. The number of halogens is 1. The third-order valence-electron chi connectivity index (χ3n) is 2.66. The lowest BCUT2D eigenvalue weighted by Crippen LogP contribution is -2.11. The third kappa shape index (κ3) is 2.84. The highest BCUT2D eigenvalue weighted by Crippen LogP contribution is 2.21. The van der Waals surface area contributed by atoms with E-state index < -0.39 is 0 Å². The van der Waals surface area contributed by atoms with E-state index in [1.165, 1.54) is 9.13 Å². The van der Waals surface area contributed by atoms with E-state index in [0.717, 1.165) is 17.8 Å². The summed E-state index contributed by atoms with van der Waals surface area (Å²) >= 11 is 2.32. The van der Waals surface area contributed by atoms with E-state index in [-0.39, 0.29) is 0 Å². The van der Waals surface area contributed by atoms with Crippen molar-refractivity contribution >= 4 is 34.1 Å². The molecule has 0 heterocycles. The number of nitrogens with one attached hydrogen (secondary N) is 1. The first-order valence-corrected chi connectivity index (χ1v) is 6.47. The molecule has 1 aliphatic rings. The number of aryl methyl sites for hydroxylation is 1. The summed E-state index contributed by atoms with van der Waals surface area (Å²) in [6.07, 6.45) is 4.22. The van der Waals surface area contributed by atoms with Crippen LogP contribution in [-0.2, 0) is 4.79 Å². The molecular formula is C13H14INO. The Morgan fingerprint density at radius 1 is 1.38 bits per heavy atom. The van der Waals surface area contributed by atoms with Crippen molar-refractivity contribution in [1.82, 2.24) is 0 Å². The number of carbonyl (C=O) groups excluding carboxylic acids is 1. The quantitative estimate of drug-likeness (QED) is 0.840. The molecule has 2 rings (SSSR count). The summed E-state index contributed by atoms with van der Waals surface area (Å²) in [5.41, 5.74) is 3.36. The van der Waals surface area contributed by atoms with Gasteiger partial charge in [0.1, 0.15) is 5.78 Å². The van der Waals surface area contributed by atoms with Gasteiger partial charge in [0.2, 0.25) is 0 Å². The number of ketones is 1. The monoisotopic (exact) mass is 327 g/mol. The zero-order valence-corrected chi connectivity index (χ0v) is 11.4. The van der Waals surface area contributed by atoms with E-state index in [4.69, 9.17) is 0 Å². The van der Waals surface area contributed by atoms with E-state index in [1.54, 1.807) is 0 Å². The number of anilines is 1. The summed E-state index contributed by atoms with van der Waals surface area (Å²) in [6.45, 7) is 2.09. The molecule has 0 spiro atoms. The number of Topliss-reactive ketones (excluding diaryl/α,β-unsaturated/α-hetero) is 1. The Labute approximate surface area is 109 Å². The van der Waals surface area contributed by atoms with Gasteiger partial charge >= 0.3 is 0 Å². The highest BCUT2D eigenvalue weighted by molar-refractivity contribution is 14.1. The van der Waals surface area contributed by atoms with Crippen LogP contribution in [0, 0.1) is 10.5 Å². The van der Waals surface area contributed by atoms with Gasteiger partial charge in [-0.3, -0.25) is 4.79 Å². The largest absolute Gasteiger partial charge is 0.359 e. The lowest BCUT2D eigenvalue weighted by molar-refractivity contribution is -0.118. The molecule has 0 bridgehead atoms. The second kappa shape index (κ2) is 4.99. The molecule has 0 amide bonds. The van der Waals surface area contributed by atoms with Crippen molar-refractivity contribution in [3.8, 4) is 0 Å². The third-order valence-corrected chi connectivity index (χ3v) is 3.87. The molecule has 0 saturated heterocycles. The maximum Gasteiger partial charge on any atom is 0.139 e. The van der Waals surface area contributed by atoms with Crippen LogP contribution < -0.4 is 5.32 Å². The lowest BCUT2D eigenvalue weighted by Gasteiger charge is -2.15. The second-order valence-electron chi connectivity index (χ2n) is 4.07. The molecule has 0 atom stereocenters. The minimum atomic E-state index is 0.326. The van der Waals surface area contributed by atoms with Crippen LogP contribution in [-0.4, -0.2) is 5.78 Å². The Morgan fingerprint density at radius 3 is 2.88 bits per heavy atom. The van der Waals surface area contributed by atoms with Crippen molar-refractivity contribution < 1.29 is 4.79 Å². The number of rotatable bonds is 2. The van der Waals surface area contributed by atoms with Gasteiger partial charge in [0.25, 0.3) is 0 Å². The smallest absolute Gasteiger partial charge is 0.139 e. The predicted molar refractivity (Wildman–Crippen MR) is 74.5 cm³/mol. The number of hydrogen-bond acceptors (Lipinski definition) is 2. The van der Waals surface area contributed by atoms with Crippen molar-refractivity contribution in [3.05, 3.63) is 39.1 Å². The van der Waals surface area contributed by atoms with Crippen LogP contribution in [0.2, 0.25) is 0 Å². The van der Waals surface area contributed by atoms with Crippen LogP contribution >= 0.6 is 22.6 Å². The van der Waals surface area contributed by atoms with E-state index in [2.05, 4.69) is 59.1 Å². The normalized spacial score (nSPS) is 15.9. The van der Waals surface area contributed by atoms with Crippen molar-refractivity contribution in [2.75, 3.05) is 5.32 Å². The van der Waals surface area contributed by atoms with Crippen LogP contribution in [0.3, 0.4) is 0 Å². The molecule has 0 aromatic heterocycles. The van der Waals surface area contributed by atoms with E-state index in [1.807, 2.05) is 0 Å². The maximum atomic E-state index is 11.3. The van der Waals surface area contributed by atoms with Crippen molar-refractivity contribution in [2.24, 2.45) is 0 Å². The highest BCUT2D eigenvalue weighted by Gasteiger charge is 2.11. The molecule has 0 saturated carbocycles. The molecule has 0 fully saturated rings. The molecule has 0 aliphatic heterocycles. The van der Waals surface area contributed by atoms with Crippen LogP contribution in [0.15, 0.2) is 30.0 Å². The van der Waals surface area contributed by atoms with Gasteiger partial charge in [-0.2, -0.15) is 0 Å². The summed E-state index contributed by atoms with van der Waals surface area (Å²) in [7, 11) is 0. The van der Waals surface area contributed by atoms with E-state index >= 15 is 0 Å². The Morgan fingerprint density at radius 2 is 2.19 bits per heavy atom. The summed E-state index contributed by atoms with van der Waals surface area (Å²) in [5.74, 6) is 0.326. The zero-order valence-electron chi connectivity index (χ0n) is 9.22. The first-order valence-electron chi connectivity index (χ1n) is 5.39. The zero-order chi connectivity index (χ0) is 11.5. The van der Waals surface area contributed by atoms with Crippen LogP contribution in [0.4, 0.5) is 5.69 Å². The van der Waals surface area contributed by atoms with Crippen LogP contribution in [0.1, 0.15) is 24.8 Å². The minimum absolute atomic E-state index is 0.326. The molecule has 2 nitrogen and oxygen atoms in total. The van der Waals surface area contributed by atoms with Crippen LogP contribution in [0.25, 0.3) is 0 Å². The van der Waals surface area contributed by atoms with E-state index in [9.17, 15) is 4.79 Å². The first kappa shape index (κ1) is 11.6. The maximum absolute atomic E-state index is 11.3. The van der Waals surface area contributed by atoms with Crippen LogP contribution in [0.5, 0.6) is 0 Å². The standard InChI is InChI=1S/C13H14INO/c1-9-7-11(5-6-13(9)14)15-10-3-2-4-12(16)8-10/h3,5-7,15H,2,4,8H2,1H3. The summed E-state index contributed by atoms with van der Waals surface area (Å²) in [5, 5.41) is 3.32. The molecule has 1 aromatic carbocycles. The average Bonchev–Trinajstić information content (AvgIpc) is 2.24. The Hall–Kier alpha value is -0.840. The molecule has 3 heteroatoms. The number of carbonyl (C=O) groups is 1. The number of allylic oxidation sites excluding steroid dienone is 2. The van der Waals surface area contributed by atoms with Gasteiger partial charge < -0.3 is 5.32 Å². The Kier molecular flexibility index (Phi) is 3.63. The lowest BCUT2D eigenvalue weighted by atomic mass is 10.0. The van der Waals surface area contributed by atoms with Gasteiger partial charge in [0, 0.05) is 27.8 Å². The van der Waals surface area contributed by atoms with Gasteiger partial charge in [-0.25, -0.2) is 0 Å². The van der Waals surface area contributed by atoms with Gasteiger partial charge in [0.05, 0.1) is 0 Å². The molecule has 0 radical (unpaired) electrons. The summed E-state index contributed by atoms with van der Waals surface area (Å²) in [4.78, 5) is 11.3. The highest BCUT2D eigenvalue weighted by atomic mass is 127. The first-order chi connectivity index (χ1) is 7.65. The SMILES string of the molecule is Cc1cc(NC2=CCCC(=O)C2)ccc1I. The van der Waals surface area contributed by atoms with Crippen molar-refractivity contribution in [3.63, 3.8) is 0 Å².